The molecule has 1 heterocycles. The minimum atomic E-state index is -4.49. The molecule has 0 aliphatic heterocycles. The van der Waals surface area contributed by atoms with E-state index in [-0.39, 0.29) is 47.8 Å². The quantitative estimate of drug-likeness (QED) is 0.311. The van der Waals surface area contributed by atoms with Crippen molar-refractivity contribution in [3.63, 3.8) is 0 Å². The van der Waals surface area contributed by atoms with Gasteiger partial charge >= 0.3 is 6.18 Å². The van der Waals surface area contributed by atoms with Crippen molar-refractivity contribution >= 4 is 29.9 Å². The molecule has 0 unspecified atom stereocenters. The van der Waals surface area contributed by atoms with Gasteiger partial charge in [-0.3, -0.25) is 0 Å². The Labute approximate surface area is 185 Å². The molecule has 2 rings (SSSR count). The fraction of sp³-hybridized carbons (Fsp3) is 0.474. The molecule has 1 aromatic heterocycles. The lowest BCUT2D eigenvalue weighted by molar-refractivity contribution is -0.138. The largest absolute Gasteiger partial charge is 0.497 e. The van der Waals surface area contributed by atoms with Gasteiger partial charge in [-0.15, -0.1) is 24.0 Å². The molecule has 1 aromatic carbocycles. The van der Waals surface area contributed by atoms with Crippen LogP contribution in [-0.2, 0) is 19.3 Å². The highest BCUT2D eigenvalue weighted by Gasteiger charge is 2.33. The zero-order valence-electron chi connectivity index (χ0n) is 16.8. The first kappa shape index (κ1) is 25.1. The number of benzene rings is 1. The van der Waals surface area contributed by atoms with Crippen LogP contribution >= 0.6 is 24.0 Å². The summed E-state index contributed by atoms with van der Waals surface area (Å²) >= 11 is 0. The summed E-state index contributed by atoms with van der Waals surface area (Å²) in [6.45, 7) is 6.63. The Bertz CT molecular complexity index is 807. The van der Waals surface area contributed by atoms with E-state index in [0.717, 1.165) is 11.8 Å². The predicted molar refractivity (Wildman–Crippen MR) is 116 cm³/mol. The second-order valence-electron chi connectivity index (χ2n) is 6.44. The summed E-state index contributed by atoms with van der Waals surface area (Å²) in [5, 5.41) is 10.0. The fourth-order valence-electron chi connectivity index (χ4n) is 2.45. The normalized spacial score (nSPS) is 11.9. The van der Waals surface area contributed by atoms with Gasteiger partial charge in [-0.2, -0.15) is 13.2 Å². The molecule has 162 valence electrons. The lowest BCUT2D eigenvalue weighted by Gasteiger charge is -2.14. The molecule has 0 aliphatic rings. The van der Waals surface area contributed by atoms with Crippen molar-refractivity contribution in [3.05, 3.63) is 46.8 Å². The van der Waals surface area contributed by atoms with Crippen LogP contribution in [0.15, 0.2) is 33.8 Å². The van der Waals surface area contributed by atoms with Gasteiger partial charge in [0.1, 0.15) is 5.75 Å². The number of alkyl halides is 3. The zero-order valence-corrected chi connectivity index (χ0v) is 19.1. The Morgan fingerprint density at radius 3 is 2.52 bits per heavy atom. The van der Waals surface area contributed by atoms with E-state index in [1.807, 2.05) is 26.8 Å². The van der Waals surface area contributed by atoms with Crippen molar-refractivity contribution in [1.82, 2.24) is 15.8 Å². The smallest absolute Gasteiger partial charge is 0.416 e. The lowest BCUT2D eigenvalue weighted by Crippen LogP contribution is -2.36. The van der Waals surface area contributed by atoms with E-state index in [1.54, 1.807) is 0 Å². The van der Waals surface area contributed by atoms with E-state index in [2.05, 4.69) is 20.8 Å². The Morgan fingerprint density at radius 2 is 1.97 bits per heavy atom. The molecule has 0 amide bonds. The highest BCUT2D eigenvalue weighted by Crippen LogP contribution is 2.34. The topological polar surface area (TPSA) is 71.7 Å². The maximum absolute atomic E-state index is 13.3. The minimum Gasteiger partial charge on any atom is -0.497 e. The Hall–Kier alpha value is -1.98. The van der Waals surface area contributed by atoms with Crippen LogP contribution in [0.4, 0.5) is 13.2 Å². The summed E-state index contributed by atoms with van der Waals surface area (Å²) in [6, 6.07) is 5.68. The number of methoxy groups -OCH3 is 1. The van der Waals surface area contributed by atoms with Gasteiger partial charge in [0.15, 0.2) is 11.7 Å². The highest BCUT2D eigenvalue weighted by atomic mass is 127. The number of nitrogens with one attached hydrogen (secondary N) is 2. The van der Waals surface area contributed by atoms with E-state index >= 15 is 0 Å². The van der Waals surface area contributed by atoms with Crippen LogP contribution in [-0.4, -0.2) is 24.8 Å². The van der Waals surface area contributed by atoms with E-state index in [4.69, 9.17) is 9.26 Å². The van der Waals surface area contributed by atoms with Gasteiger partial charge in [0, 0.05) is 12.6 Å². The number of ether oxygens (including phenoxy) is 1. The van der Waals surface area contributed by atoms with E-state index in [9.17, 15) is 13.2 Å². The molecule has 2 aromatic rings. The monoisotopic (exact) mass is 526 g/mol. The number of guanidine groups is 1. The number of hydrogen-bond acceptors (Lipinski definition) is 4. The molecule has 0 radical (unpaired) electrons. The predicted octanol–water partition coefficient (Wildman–Crippen LogP) is 4.70. The molecule has 29 heavy (non-hydrogen) atoms. The van der Waals surface area contributed by atoms with E-state index < -0.39 is 11.7 Å². The molecule has 0 spiro atoms. The molecule has 2 N–H and O–H groups in total. The summed E-state index contributed by atoms with van der Waals surface area (Å²) in [6.07, 6.45) is -4.49. The molecule has 0 saturated carbocycles. The summed E-state index contributed by atoms with van der Waals surface area (Å²) < 4.78 is 50.1. The van der Waals surface area contributed by atoms with Gasteiger partial charge in [0.2, 0.25) is 0 Å². The van der Waals surface area contributed by atoms with Crippen LogP contribution in [0.5, 0.6) is 5.75 Å². The number of halogens is 4. The van der Waals surface area contributed by atoms with Gasteiger partial charge < -0.3 is 19.9 Å². The van der Waals surface area contributed by atoms with Crippen LogP contribution in [0.3, 0.4) is 0 Å². The van der Waals surface area contributed by atoms with Gasteiger partial charge in [-0.1, -0.05) is 25.1 Å². The van der Waals surface area contributed by atoms with Crippen LogP contribution in [0.1, 0.15) is 49.3 Å². The molecule has 0 atom stereocenters. The average Bonchev–Trinajstić information content (AvgIpc) is 3.12. The Balaban J connectivity index is 0.00000420. The number of aliphatic imine (C=N–C) groups is 1. The molecular weight excluding hydrogens is 500 g/mol. The molecule has 0 fully saturated rings. The van der Waals surface area contributed by atoms with Crippen molar-refractivity contribution < 1.29 is 22.4 Å². The fourth-order valence-corrected chi connectivity index (χ4v) is 2.45. The molecule has 6 nitrogen and oxygen atoms in total. The van der Waals surface area contributed by atoms with Crippen molar-refractivity contribution in [1.29, 1.82) is 0 Å². The minimum absolute atomic E-state index is 0. The zero-order chi connectivity index (χ0) is 20.7. The first-order chi connectivity index (χ1) is 13.2. The SMILES string of the molecule is CCNC(=NCc1ccc(OC)cc1C(F)(F)F)NCc1cc(C(C)C)no1.I. The Morgan fingerprint density at radius 1 is 1.24 bits per heavy atom. The number of rotatable bonds is 7. The first-order valence-corrected chi connectivity index (χ1v) is 8.96. The lowest BCUT2D eigenvalue weighted by atomic mass is 10.1. The van der Waals surface area contributed by atoms with E-state index in [1.165, 1.54) is 19.2 Å². The van der Waals surface area contributed by atoms with Crippen LogP contribution in [0, 0.1) is 0 Å². The number of nitrogens with zero attached hydrogens (tertiary/aromatic N) is 2. The molecule has 0 bridgehead atoms. The number of aromatic nitrogens is 1. The summed E-state index contributed by atoms with van der Waals surface area (Å²) in [5.74, 6) is 1.40. The maximum Gasteiger partial charge on any atom is 0.416 e. The van der Waals surface area contributed by atoms with Gasteiger partial charge in [-0.25, -0.2) is 4.99 Å². The van der Waals surface area contributed by atoms with Crippen molar-refractivity contribution in [3.8, 4) is 5.75 Å². The number of hydrogen-bond donors (Lipinski definition) is 2. The van der Waals surface area contributed by atoms with Crippen LogP contribution in [0.25, 0.3) is 0 Å². The molecule has 0 aliphatic carbocycles. The Kier molecular flexibility index (Phi) is 9.74. The third-order valence-electron chi connectivity index (χ3n) is 3.97. The average molecular weight is 526 g/mol. The van der Waals surface area contributed by atoms with Crippen LogP contribution < -0.4 is 15.4 Å². The second-order valence-corrected chi connectivity index (χ2v) is 6.44. The van der Waals surface area contributed by atoms with Gasteiger partial charge in [-0.05, 0) is 30.5 Å². The van der Waals surface area contributed by atoms with Crippen molar-refractivity contribution in [2.45, 2.75) is 46.0 Å². The summed E-state index contributed by atoms with van der Waals surface area (Å²) in [4.78, 5) is 4.26. The highest BCUT2D eigenvalue weighted by molar-refractivity contribution is 14.0. The molecular formula is C19H26F3IN4O2. The summed E-state index contributed by atoms with van der Waals surface area (Å²) in [5.41, 5.74) is 0.141. The van der Waals surface area contributed by atoms with Crippen molar-refractivity contribution in [2.75, 3.05) is 13.7 Å². The summed E-state index contributed by atoms with van der Waals surface area (Å²) in [7, 11) is 1.33. The second kappa shape index (κ2) is 11.3. The standard InChI is InChI=1S/C19H25F3N4O2.HI/c1-5-23-18(25-11-15-9-17(12(2)3)26-28-15)24-10-13-6-7-14(27-4)8-16(13)19(20,21)22;/h6-9,12H,5,10-11H2,1-4H3,(H2,23,24,25);1H. The van der Waals surface area contributed by atoms with Crippen LogP contribution in [0.2, 0.25) is 0 Å². The first-order valence-electron chi connectivity index (χ1n) is 8.96. The third kappa shape index (κ3) is 7.41. The van der Waals surface area contributed by atoms with Crippen molar-refractivity contribution in [2.24, 2.45) is 4.99 Å². The van der Waals surface area contributed by atoms with E-state index in [0.29, 0.717) is 24.8 Å². The molecule has 0 saturated heterocycles. The molecule has 10 heteroatoms. The van der Waals surface area contributed by atoms with Gasteiger partial charge in [0.05, 0.1) is 31.5 Å². The third-order valence-corrected chi connectivity index (χ3v) is 3.97. The maximum atomic E-state index is 13.3. The van der Waals surface area contributed by atoms with Gasteiger partial charge in [0.25, 0.3) is 0 Å².